The van der Waals surface area contributed by atoms with E-state index in [2.05, 4.69) is 46.1 Å². The minimum absolute atomic E-state index is 0.00102. The molecular weight excluding hydrogens is 364 g/mol. The predicted molar refractivity (Wildman–Crippen MR) is 107 cm³/mol. The van der Waals surface area contributed by atoms with Crippen LogP contribution in [0.25, 0.3) is 10.7 Å². The monoisotopic (exact) mass is 386 g/mol. The Morgan fingerprint density at radius 1 is 1.27 bits per heavy atom. The average Bonchev–Trinajstić information content (AvgIpc) is 3.30. The molecule has 0 saturated carbocycles. The van der Waals surface area contributed by atoms with Crippen molar-refractivity contribution in [2.75, 3.05) is 0 Å². The predicted octanol–water partition coefficient (Wildman–Crippen LogP) is 4.13. The molecule has 136 valence electrons. The van der Waals surface area contributed by atoms with Crippen molar-refractivity contribution in [3.05, 3.63) is 52.9 Å². The van der Waals surface area contributed by atoms with Crippen LogP contribution >= 0.6 is 23.1 Å². The number of hydrogen-bond acceptors (Lipinski definition) is 5. The highest BCUT2D eigenvalue weighted by Gasteiger charge is 2.20. The van der Waals surface area contributed by atoms with Crippen LogP contribution in [0.4, 0.5) is 0 Å². The first kappa shape index (κ1) is 18.7. The second kappa shape index (κ2) is 8.51. The van der Waals surface area contributed by atoms with E-state index in [0.717, 1.165) is 28.0 Å². The summed E-state index contributed by atoms with van der Waals surface area (Å²) in [5, 5.41) is 14.2. The van der Waals surface area contributed by atoms with Gasteiger partial charge in [-0.25, -0.2) is 0 Å². The number of carbonyl (C=O) groups excluding carboxylic acids is 1. The number of nitrogens with one attached hydrogen (secondary N) is 1. The number of nitrogens with zero attached hydrogens (tertiary/aromatic N) is 3. The third-order valence-corrected chi connectivity index (χ3v) is 5.96. The van der Waals surface area contributed by atoms with Gasteiger partial charge in [0.25, 0.3) is 0 Å². The molecule has 1 aromatic carbocycles. The van der Waals surface area contributed by atoms with E-state index in [0.29, 0.717) is 6.54 Å². The van der Waals surface area contributed by atoms with Gasteiger partial charge in [0, 0.05) is 13.1 Å². The van der Waals surface area contributed by atoms with Gasteiger partial charge in [0.05, 0.1) is 10.1 Å². The minimum atomic E-state index is -0.244. The molecule has 0 radical (unpaired) electrons. The number of thioether (sulfide) groups is 1. The van der Waals surface area contributed by atoms with E-state index in [9.17, 15) is 4.79 Å². The lowest BCUT2D eigenvalue weighted by molar-refractivity contribution is -0.120. The van der Waals surface area contributed by atoms with Gasteiger partial charge in [-0.3, -0.25) is 4.79 Å². The molecule has 5 nitrogen and oxygen atoms in total. The number of carbonyl (C=O) groups is 1. The second-order valence-electron chi connectivity index (χ2n) is 5.99. The Kier molecular flexibility index (Phi) is 6.11. The number of aromatic nitrogens is 3. The minimum Gasteiger partial charge on any atom is -0.351 e. The van der Waals surface area contributed by atoms with Gasteiger partial charge < -0.3 is 9.88 Å². The van der Waals surface area contributed by atoms with E-state index in [1.54, 1.807) is 11.3 Å². The Balaban J connectivity index is 1.63. The lowest BCUT2D eigenvalue weighted by Gasteiger charge is -2.12. The summed E-state index contributed by atoms with van der Waals surface area (Å²) in [6.45, 7) is 7.31. The highest BCUT2D eigenvalue weighted by molar-refractivity contribution is 8.00. The lowest BCUT2D eigenvalue weighted by Crippen LogP contribution is -2.30. The van der Waals surface area contributed by atoms with Crippen molar-refractivity contribution in [3.8, 4) is 10.7 Å². The van der Waals surface area contributed by atoms with Crippen molar-refractivity contribution < 1.29 is 4.79 Å². The molecule has 1 atom stereocenters. The van der Waals surface area contributed by atoms with Crippen LogP contribution < -0.4 is 5.32 Å². The quantitative estimate of drug-likeness (QED) is 0.620. The summed E-state index contributed by atoms with van der Waals surface area (Å²) in [5.74, 6) is 0.858. The molecular formula is C19H22N4OS2. The topological polar surface area (TPSA) is 59.8 Å². The lowest BCUT2D eigenvalue weighted by atomic mass is 10.1. The van der Waals surface area contributed by atoms with Gasteiger partial charge in [-0.1, -0.05) is 47.7 Å². The molecule has 2 aromatic heterocycles. The van der Waals surface area contributed by atoms with Crippen LogP contribution in [0.15, 0.2) is 46.9 Å². The number of aryl methyl sites for hydroxylation is 1. The van der Waals surface area contributed by atoms with Gasteiger partial charge in [0.1, 0.15) is 0 Å². The van der Waals surface area contributed by atoms with E-state index < -0.39 is 0 Å². The van der Waals surface area contributed by atoms with Gasteiger partial charge >= 0.3 is 0 Å². The second-order valence-corrected chi connectivity index (χ2v) is 8.25. The highest BCUT2D eigenvalue weighted by atomic mass is 32.2. The fraction of sp³-hybridized carbons (Fsp3) is 0.316. The molecule has 0 fully saturated rings. The molecule has 0 bridgehead atoms. The fourth-order valence-electron chi connectivity index (χ4n) is 2.50. The van der Waals surface area contributed by atoms with Crippen LogP contribution in [0.1, 0.15) is 25.0 Å². The van der Waals surface area contributed by atoms with Gasteiger partial charge in [-0.05, 0) is 37.8 Å². The zero-order valence-electron chi connectivity index (χ0n) is 15.1. The molecule has 1 N–H and O–H groups in total. The van der Waals surface area contributed by atoms with Crippen LogP contribution in [0.3, 0.4) is 0 Å². The van der Waals surface area contributed by atoms with Crippen LogP contribution in [-0.4, -0.2) is 25.9 Å². The molecule has 3 rings (SSSR count). The van der Waals surface area contributed by atoms with Gasteiger partial charge in [0.15, 0.2) is 11.0 Å². The molecule has 0 aliphatic rings. The summed E-state index contributed by atoms with van der Waals surface area (Å²) in [5.41, 5.74) is 2.31. The van der Waals surface area contributed by atoms with Gasteiger partial charge in [-0.15, -0.1) is 21.5 Å². The van der Waals surface area contributed by atoms with Crippen molar-refractivity contribution >= 4 is 29.0 Å². The zero-order chi connectivity index (χ0) is 18.5. The smallest absolute Gasteiger partial charge is 0.233 e. The highest BCUT2D eigenvalue weighted by Crippen LogP contribution is 2.29. The molecule has 7 heteroatoms. The van der Waals surface area contributed by atoms with E-state index in [-0.39, 0.29) is 11.2 Å². The van der Waals surface area contributed by atoms with E-state index in [1.165, 1.54) is 17.3 Å². The molecule has 1 amide bonds. The van der Waals surface area contributed by atoms with Crippen molar-refractivity contribution in [1.29, 1.82) is 0 Å². The average molecular weight is 387 g/mol. The van der Waals surface area contributed by atoms with Crippen LogP contribution in [0, 0.1) is 6.92 Å². The maximum Gasteiger partial charge on any atom is 0.233 e. The molecule has 2 heterocycles. The Bertz CT molecular complexity index is 856. The number of benzene rings is 1. The number of amides is 1. The first-order valence-corrected chi connectivity index (χ1v) is 10.3. The summed E-state index contributed by atoms with van der Waals surface area (Å²) >= 11 is 3.08. The summed E-state index contributed by atoms with van der Waals surface area (Å²) < 4.78 is 2.06. The summed E-state index contributed by atoms with van der Waals surface area (Å²) in [7, 11) is 0. The first-order chi connectivity index (χ1) is 12.6. The summed E-state index contributed by atoms with van der Waals surface area (Å²) in [6, 6.07) is 12.2. The Labute approximate surface area is 161 Å². The number of hydrogen-bond donors (Lipinski definition) is 1. The largest absolute Gasteiger partial charge is 0.351 e. The summed E-state index contributed by atoms with van der Waals surface area (Å²) in [6.07, 6.45) is 0. The molecule has 26 heavy (non-hydrogen) atoms. The molecule has 3 aromatic rings. The fourth-order valence-corrected chi connectivity index (χ4v) is 4.15. The molecule has 0 aliphatic carbocycles. The first-order valence-electron chi connectivity index (χ1n) is 8.55. The standard InChI is InChI=1S/C19H22N4OS2/c1-4-23-17(16-6-5-11-25-16)21-22-19(23)26-14(3)18(24)20-12-15-9-7-13(2)8-10-15/h5-11,14H,4,12H2,1-3H3,(H,20,24)/t14-/m0/s1. The molecule has 0 unspecified atom stereocenters. The number of rotatable bonds is 7. The maximum absolute atomic E-state index is 12.4. The van der Waals surface area contributed by atoms with Crippen LogP contribution in [-0.2, 0) is 17.9 Å². The zero-order valence-corrected chi connectivity index (χ0v) is 16.7. The molecule has 0 spiro atoms. The Morgan fingerprint density at radius 2 is 2.04 bits per heavy atom. The van der Waals surface area contributed by atoms with Crippen molar-refractivity contribution in [3.63, 3.8) is 0 Å². The van der Waals surface area contributed by atoms with Crippen LogP contribution in [0.2, 0.25) is 0 Å². The van der Waals surface area contributed by atoms with Crippen LogP contribution in [0.5, 0.6) is 0 Å². The maximum atomic E-state index is 12.4. The van der Waals surface area contributed by atoms with Crippen molar-refractivity contribution in [2.45, 2.75) is 44.3 Å². The third-order valence-electron chi connectivity index (χ3n) is 4.01. The molecule has 0 saturated heterocycles. The van der Waals surface area contributed by atoms with Gasteiger partial charge in [0.2, 0.25) is 5.91 Å². The Hall–Kier alpha value is -2.12. The van der Waals surface area contributed by atoms with Crippen molar-refractivity contribution in [1.82, 2.24) is 20.1 Å². The van der Waals surface area contributed by atoms with Crippen molar-refractivity contribution in [2.24, 2.45) is 0 Å². The molecule has 0 aliphatic heterocycles. The normalized spacial score (nSPS) is 12.1. The van der Waals surface area contributed by atoms with Gasteiger partial charge in [-0.2, -0.15) is 0 Å². The Morgan fingerprint density at radius 3 is 2.69 bits per heavy atom. The van der Waals surface area contributed by atoms with E-state index >= 15 is 0 Å². The van der Waals surface area contributed by atoms with E-state index in [1.807, 2.05) is 36.6 Å². The third kappa shape index (κ3) is 4.34. The van der Waals surface area contributed by atoms with E-state index in [4.69, 9.17) is 0 Å². The number of thiophene rings is 1. The summed E-state index contributed by atoms with van der Waals surface area (Å²) in [4.78, 5) is 13.5. The SMILES string of the molecule is CCn1c(S[C@@H](C)C(=O)NCc2ccc(C)cc2)nnc1-c1cccs1.